The largest absolute Gasteiger partial charge is 0.481 e. The number of carboxylic acid groups (broad SMARTS) is 1. The van der Waals surface area contributed by atoms with Gasteiger partial charge in [-0.25, -0.2) is 0 Å². The SMILES string of the molecule is CCC(O)COC12c3ccccc3C(c3ccccc31)C(C(=O)Nc1ccccc1)C2C(=O)O. The van der Waals surface area contributed by atoms with Crippen molar-refractivity contribution < 1.29 is 24.5 Å². The maximum Gasteiger partial charge on any atom is 0.311 e. The summed E-state index contributed by atoms with van der Waals surface area (Å²) in [5, 5.41) is 23.8. The lowest BCUT2D eigenvalue weighted by Crippen LogP contribution is -2.59. The van der Waals surface area contributed by atoms with E-state index in [4.69, 9.17) is 4.74 Å². The highest BCUT2D eigenvalue weighted by Crippen LogP contribution is 2.62. The number of aliphatic hydroxyl groups excluding tert-OH is 1. The van der Waals surface area contributed by atoms with Crippen molar-refractivity contribution >= 4 is 17.6 Å². The number of benzene rings is 3. The van der Waals surface area contributed by atoms with Crippen LogP contribution in [-0.2, 0) is 19.9 Å². The molecule has 0 saturated carbocycles. The number of anilines is 1. The van der Waals surface area contributed by atoms with Gasteiger partial charge >= 0.3 is 5.97 Å². The summed E-state index contributed by atoms with van der Waals surface area (Å²) in [7, 11) is 0. The van der Waals surface area contributed by atoms with E-state index >= 15 is 0 Å². The molecular formula is C28H27NO5. The van der Waals surface area contributed by atoms with Crippen LogP contribution in [-0.4, -0.2) is 34.8 Å². The van der Waals surface area contributed by atoms with Gasteiger partial charge in [0.15, 0.2) is 0 Å². The number of hydrogen-bond acceptors (Lipinski definition) is 4. The molecule has 3 aliphatic rings. The molecule has 6 rings (SSSR count). The van der Waals surface area contributed by atoms with Crippen LogP contribution in [0.5, 0.6) is 0 Å². The van der Waals surface area contributed by atoms with Crippen molar-refractivity contribution in [3.8, 4) is 0 Å². The van der Waals surface area contributed by atoms with E-state index in [1.54, 1.807) is 12.1 Å². The molecule has 3 aromatic rings. The van der Waals surface area contributed by atoms with Crippen LogP contribution >= 0.6 is 0 Å². The lowest BCUT2D eigenvalue weighted by molar-refractivity contribution is -0.172. The Bertz CT molecular complexity index is 1180. The molecule has 3 aliphatic carbocycles. The molecular weight excluding hydrogens is 430 g/mol. The van der Waals surface area contributed by atoms with Crippen molar-refractivity contribution in [1.29, 1.82) is 0 Å². The molecule has 1 amide bonds. The van der Waals surface area contributed by atoms with Crippen molar-refractivity contribution in [2.45, 2.75) is 31.0 Å². The van der Waals surface area contributed by atoms with Crippen molar-refractivity contribution in [2.75, 3.05) is 11.9 Å². The van der Waals surface area contributed by atoms with E-state index < -0.39 is 35.4 Å². The van der Waals surface area contributed by atoms with Gasteiger partial charge in [0.25, 0.3) is 0 Å². The quantitative estimate of drug-likeness (QED) is 0.496. The third-order valence-corrected chi connectivity index (χ3v) is 7.13. The molecule has 0 saturated heterocycles. The van der Waals surface area contributed by atoms with Gasteiger partial charge in [0.2, 0.25) is 5.91 Å². The fourth-order valence-corrected chi connectivity index (χ4v) is 5.66. The number of carbonyl (C=O) groups is 2. The first-order valence-corrected chi connectivity index (χ1v) is 11.6. The number of para-hydroxylation sites is 1. The third kappa shape index (κ3) is 3.33. The van der Waals surface area contributed by atoms with Crippen LogP contribution in [0, 0.1) is 11.8 Å². The first-order chi connectivity index (χ1) is 16.5. The van der Waals surface area contributed by atoms with E-state index in [1.807, 2.05) is 73.7 Å². The highest BCUT2D eigenvalue weighted by atomic mass is 16.5. The summed E-state index contributed by atoms with van der Waals surface area (Å²) in [6.45, 7) is 1.80. The van der Waals surface area contributed by atoms with Gasteiger partial charge in [-0.05, 0) is 40.8 Å². The number of fused-ring (bicyclic) bond motifs is 1. The predicted octanol–water partition coefficient (Wildman–Crippen LogP) is 4.13. The van der Waals surface area contributed by atoms with E-state index in [1.165, 1.54) is 0 Å². The standard InChI is InChI=1S/C28H27NO5/c1-2-18(30)16-34-28-21-14-8-6-12-19(21)23(20-13-7-9-15-22(20)28)24(25(28)27(32)33)26(31)29-17-10-4-3-5-11-17/h3-15,18,23-25,30H,2,16H2,1H3,(H,29,31)(H,32,33). The number of aliphatic hydroxyl groups is 1. The summed E-state index contributed by atoms with van der Waals surface area (Å²) in [5.41, 5.74) is 2.48. The Balaban J connectivity index is 1.73. The molecule has 0 radical (unpaired) electrons. The zero-order valence-corrected chi connectivity index (χ0v) is 18.8. The first-order valence-electron chi connectivity index (χ1n) is 11.6. The van der Waals surface area contributed by atoms with Gasteiger partial charge in [-0.2, -0.15) is 0 Å². The van der Waals surface area contributed by atoms with Gasteiger partial charge in [0.05, 0.1) is 18.6 Å². The average Bonchev–Trinajstić information content (AvgIpc) is 2.87. The second-order valence-corrected chi connectivity index (χ2v) is 8.96. The number of ether oxygens (including phenoxy) is 1. The highest BCUT2D eigenvalue weighted by Gasteiger charge is 2.64. The van der Waals surface area contributed by atoms with Crippen molar-refractivity contribution in [2.24, 2.45) is 11.8 Å². The number of aliphatic carboxylic acids is 1. The monoisotopic (exact) mass is 457 g/mol. The maximum absolute atomic E-state index is 13.7. The molecule has 0 heterocycles. The van der Waals surface area contributed by atoms with Gasteiger partial charge in [-0.15, -0.1) is 0 Å². The average molecular weight is 458 g/mol. The van der Waals surface area contributed by atoms with Gasteiger partial charge < -0.3 is 20.3 Å². The number of carbonyl (C=O) groups excluding carboxylic acids is 1. The van der Waals surface area contributed by atoms with Crippen LogP contribution in [0.15, 0.2) is 78.9 Å². The van der Waals surface area contributed by atoms with Gasteiger partial charge in [0, 0.05) is 11.6 Å². The Morgan fingerprint density at radius 1 is 0.941 bits per heavy atom. The van der Waals surface area contributed by atoms with Crippen LogP contribution in [0.4, 0.5) is 5.69 Å². The summed E-state index contributed by atoms with van der Waals surface area (Å²) < 4.78 is 6.46. The van der Waals surface area contributed by atoms with E-state index in [0.29, 0.717) is 12.1 Å². The van der Waals surface area contributed by atoms with Crippen LogP contribution < -0.4 is 5.32 Å². The number of amides is 1. The predicted molar refractivity (Wildman–Crippen MR) is 127 cm³/mol. The Hall–Kier alpha value is -3.48. The van der Waals surface area contributed by atoms with Gasteiger partial charge in [-0.1, -0.05) is 73.7 Å². The molecule has 0 aromatic heterocycles. The minimum atomic E-state index is -1.40. The van der Waals surface area contributed by atoms with Crippen LogP contribution in [0.1, 0.15) is 41.5 Å². The smallest absolute Gasteiger partial charge is 0.311 e. The molecule has 6 nitrogen and oxygen atoms in total. The van der Waals surface area contributed by atoms with E-state index in [9.17, 15) is 19.8 Å². The minimum Gasteiger partial charge on any atom is -0.481 e. The Morgan fingerprint density at radius 2 is 1.50 bits per heavy atom. The topological polar surface area (TPSA) is 95.9 Å². The summed E-state index contributed by atoms with van der Waals surface area (Å²) >= 11 is 0. The third-order valence-electron chi connectivity index (χ3n) is 7.13. The second-order valence-electron chi connectivity index (χ2n) is 8.96. The molecule has 2 bridgehead atoms. The normalized spacial score (nSPS) is 25.2. The maximum atomic E-state index is 13.7. The fraction of sp³-hybridized carbons (Fsp3) is 0.286. The number of rotatable bonds is 7. The number of hydrogen-bond donors (Lipinski definition) is 3. The molecule has 3 atom stereocenters. The Labute approximate surface area is 198 Å². The number of nitrogens with one attached hydrogen (secondary N) is 1. The summed E-state index contributed by atoms with van der Waals surface area (Å²) in [5.74, 6) is -3.97. The Morgan fingerprint density at radius 3 is 2.06 bits per heavy atom. The van der Waals surface area contributed by atoms with Crippen molar-refractivity contribution in [3.63, 3.8) is 0 Å². The Kier molecular flexibility index (Phi) is 5.71. The van der Waals surface area contributed by atoms with Crippen molar-refractivity contribution in [1.82, 2.24) is 0 Å². The number of carboxylic acids is 1. The summed E-state index contributed by atoms with van der Waals surface area (Å²) in [6.07, 6.45) is -0.281. The van der Waals surface area contributed by atoms with E-state index in [-0.39, 0.29) is 12.5 Å². The first kappa shape index (κ1) is 22.3. The molecule has 0 aliphatic heterocycles. The van der Waals surface area contributed by atoms with Crippen LogP contribution in [0.2, 0.25) is 0 Å². The fourth-order valence-electron chi connectivity index (χ4n) is 5.66. The van der Waals surface area contributed by atoms with E-state index in [2.05, 4.69) is 5.32 Å². The molecule has 0 fully saturated rings. The van der Waals surface area contributed by atoms with Crippen LogP contribution in [0.25, 0.3) is 0 Å². The minimum absolute atomic E-state index is 0.0410. The molecule has 3 aromatic carbocycles. The lowest BCUT2D eigenvalue weighted by atomic mass is 9.51. The molecule has 34 heavy (non-hydrogen) atoms. The molecule has 3 unspecified atom stereocenters. The van der Waals surface area contributed by atoms with Gasteiger partial charge in [-0.3, -0.25) is 9.59 Å². The second kappa shape index (κ2) is 8.70. The molecule has 3 N–H and O–H groups in total. The zero-order valence-electron chi connectivity index (χ0n) is 18.8. The summed E-state index contributed by atoms with van der Waals surface area (Å²) in [4.78, 5) is 26.7. The van der Waals surface area contributed by atoms with Crippen molar-refractivity contribution in [3.05, 3.63) is 101 Å². The molecule has 174 valence electrons. The van der Waals surface area contributed by atoms with Crippen LogP contribution in [0.3, 0.4) is 0 Å². The summed E-state index contributed by atoms with van der Waals surface area (Å²) in [6, 6.07) is 24.2. The van der Waals surface area contributed by atoms with Gasteiger partial charge in [0.1, 0.15) is 11.5 Å². The van der Waals surface area contributed by atoms with E-state index in [0.717, 1.165) is 22.3 Å². The highest BCUT2D eigenvalue weighted by molar-refractivity contribution is 5.98. The molecule has 6 heteroatoms. The lowest BCUT2D eigenvalue weighted by Gasteiger charge is -2.55. The zero-order chi connectivity index (χ0) is 23.9. The molecule has 0 spiro atoms.